The predicted molar refractivity (Wildman–Crippen MR) is 68.3 cm³/mol. The molecule has 128 valence electrons. The number of aromatic carboxylic acids is 1. The van der Waals surface area contributed by atoms with Gasteiger partial charge in [-0.25, -0.2) is 9.78 Å². The van der Waals surface area contributed by atoms with Crippen molar-refractivity contribution in [2.75, 3.05) is 0 Å². The molecule has 0 aliphatic rings. The van der Waals surface area contributed by atoms with Gasteiger partial charge in [0.2, 0.25) is 0 Å². The van der Waals surface area contributed by atoms with Crippen LogP contribution in [0.3, 0.4) is 0 Å². The SMILES string of the molecule is O=C(O)c1ccc(-c2ccccc2OC(F)(F)F)nc1C(F)(F)F. The molecule has 1 heterocycles. The van der Waals surface area contributed by atoms with Crippen molar-refractivity contribution in [3.05, 3.63) is 47.7 Å². The standard InChI is InChI=1S/C14H7F6NO3/c15-13(16,17)11-8(12(22)23)5-6-9(21-11)7-3-1-2-4-10(7)24-14(18,19)20/h1-6H,(H,22,23). The molecule has 0 fully saturated rings. The minimum atomic E-state index is -5.09. The molecule has 1 aromatic carbocycles. The Morgan fingerprint density at radius 3 is 2.17 bits per heavy atom. The van der Waals surface area contributed by atoms with Crippen LogP contribution in [-0.4, -0.2) is 22.4 Å². The van der Waals surface area contributed by atoms with Gasteiger partial charge in [-0.1, -0.05) is 12.1 Å². The van der Waals surface area contributed by atoms with Crippen molar-refractivity contribution in [1.82, 2.24) is 4.98 Å². The van der Waals surface area contributed by atoms with Gasteiger partial charge in [-0.15, -0.1) is 13.2 Å². The number of para-hydroxylation sites is 1. The van der Waals surface area contributed by atoms with Crippen LogP contribution >= 0.6 is 0 Å². The summed E-state index contributed by atoms with van der Waals surface area (Å²) < 4.78 is 79.7. The molecule has 0 saturated carbocycles. The maximum absolute atomic E-state index is 12.9. The fourth-order valence-electron chi connectivity index (χ4n) is 1.89. The number of carbonyl (C=O) groups is 1. The monoisotopic (exact) mass is 351 g/mol. The summed E-state index contributed by atoms with van der Waals surface area (Å²) >= 11 is 0. The van der Waals surface area contributed by atoms with Crippen LogP contribution in [0.2, 0.25) is 0 Å². The molecule has 1 aromatic heterocycles. The average molecular weight is 351 g/mol. The van der Waals surface area contributed by atoms with E-state index in [0.717, 1.165) is 18.2 Å². The van der Waals surface area contributed by atoms with Crippen LogP contribution in [0.25, 0.3) is 11.3 Å². The normalized spacial score (nSPS) is 12.1. The highest BCUT2D eigenvalue weighted by Gasteiger charge is 2.38. The first-order valence-electron chi connectivity index (χ1n) is 6.16. The fraction of sp³-hybridized carbons (Fsp3) is 0.143. The number of carboxylic acid groups (broad SMARTS) is 1. The minimum absolute atomic E-state index is 0.364. The van der Waals surface area contributed by atoms with Crippen LogP contribution < -0.4 is 4.74 Å². The molecule has 0 spiro atoms. The van der Waals surface area contributed by atoms with Crippen molar-refractivity contribution in [3.63, 3.8) is 0 Å². The number of ether oxygens (including phenoxy) is 1. The first-order valence-corrected chi connectivity index (χ1v) is 6.16. The van der Waals surface area contributed by atoms with Crippen LogP contribution in [-0.2, 0) is 6.18 Å². The highest BCUT2D eigenvalue weighted by molar-refractivity contribution is 5.89. The maximum atomic E-state index is 12.9. The number of alkyl halides is 6. The van der Waals surface area contributed by atoms with Crippen LogP contribution in [0, 0.1) is 0 Å². The van der Waals surface area contributed by atoms with Gasteiger partial charge in [0.05, 0.1) is 11.3 Å². The molecule has 0 bridgehead atoms. The Hall–Kier alpha value is -2.78. The second kappa shape index (κ2) is 6.02. The summed E-state index contributed by atoms with van der Waals surface area (Å²) in [6.07, 6.45) is -10.1. The van der Waals surface area contributed by atoms with Crippen molar-refractivity contribution in [2.45, 2.75) is 12.5 Å². The fourth-order valence-corrected chi connectivity index (χ4v) is 1.89. The van der Waals surface area contributed by atoms with Gasteiger partial charge in [-0.05, 0) is 24.3 Å². The molecule has 4 nitrogen and oxygen atoms in total. The van der Waals surface area contributed by atoms with E-state index in [1.165, 1.54) is 12.1 Å². The van der Waals surface area contributed by atoms with Gasteiger partial charge >= 0.3 is 18.5 Å². The summed E-state index contributed by atoms with van der Waals surface area (Å²) in [6.45, 7) is 0. The minimum Gasteiger partial charge on any atom is -0.478 e. The van der Waals surface area contributed by atoms with E-state index in [2.05, 4.69) is 9.72 Å². The Labute approximate surface area is 130 Å². The Kier molecular flexibility index (Phi) is 4.41. The van der Waals surface area contributed by atoms with Crippen molar-refractivity contribution in [1.29, 1.82) is 0 Å². The first-order chi connectivity index (χ1) is 11.0. The Balaban J connectivity index is 2.61. The number of carboxylic acids is 1. The number of hydrogen-bond donors (Lipinski definition) is 1. The van der Waals surface area contributed by atoms with Gasteiger partial charge in [0, 0.05) is 5.56 Å². The molecule has 2 rings (SSSR count). The molecule has 0 aliphatic carbocycles. The summed E-state index contributed by atoms with van der Waals surface area (Å²) in [5, 5.41) is 8.78. The maximum Gasteiger partial charge on any atom is 0.573 e. The second-order valence-electron chi connectivity index (χ2n) is 4.44. The first kappa shape index (κ1) is 17.6. The molecule has 24 heavy (non-hydrogen) atoms. The van der Waals surface area contributed by atoms with Crippen molar-refractivity contribution >= 4 is 5.97 Å². The molecule has 0 unspecified atom stereocenters. The summed E-state index contributed by atoms with van der Waals surface area (Å²) in [7, 11) is 0. The van der Waals surface area contributed by atoms with E-state index in [9.17, 15) is 31.1 Å². The summed E-state index contributed by atoms with van der Waals surface area (Å²) in [5.41, 5.74) is -3.70. The van der Waals surface area contributed by atoms with Gasteiger partial charge in [-0.2, -0.15) is 13.2 Å². The van der Waals surface area contributed by atoms with Gasteiger partial charge in [-0.3, -0.25) is 0 Å². The van der Waals surface area contributed by atoms with Crippen LogP contribution in [0.5, 0.6) is 5.75 Å². The lowest BCUT2D eigenvalue weighted by Gasteiger charge is -2.15. The average Bonchev–Trinajstić information content (AvgIpc) is 2.44. The zero-order valence-corrected chi connectivity index (χ0v) is 11.4. The molecule has 0 radical (unpaired) electrons. The number of rotatable bonds is 3. The largest absolute Gasteiger partial charge is 0.573 e. The number of pyridine rings is 1. The highest BCUT2D eigenvalue weighted by atomic mass is 19.4. The van der Waals surface area contributed by atoms with E-state index in [1.54, 1.807) is 0 Å². The van der Waals surface area contributed by atoms with Crippen LogP contribution in [0.4, 0.5) is 26.3 Å². The van der Waals surface area contributed by atoms with E-state index in [1.807, 2.05) is 0 Å². The van der Waals surface area contributed by atoms with Gasteiger partial charge < -0.3 is 9.84 Å². The zero-order valence-electron chi connectivity index (χ0n) is 11.4. The van der Waals surface area contributed by atoms with E-state index < -0.39 is 41.2 Å². The lowest BCUT2D eigenvalue weighted by atomic mass is 10.1. The number of aromatic nitrogens is 1. The molecule has 0 amide bonds. The van der Waals surface area contributed by atoms with Crippen molar-refractivity contribution < 1.29 is 41.0 Å². The Bertz CT molecular complexity index is 770. The number of hydrogen-bond acceptors (Lipinski definition) is 3. The zero-order chi connectivity index (χ0) is 18.1. The number of halogens is 6. The van der Waals surface area contributed by atoms with Crippen LogP contribution in [0.15, 0.2) is 36.4 Å². The second-order valence-corrected chi connectivity index (χ2v) is 4.44. The van der Waals surface area contributed by atoms with E-state index >= 15 is 0 Å². The molecule has 0 aliphatic heterocycles. The van der Waals surface area contributed by atoms with E-state index in [0.29, 0.717) is 6.07 Å². The number of benzene rings is 1. The molecule has 2 aromatic rings. The molecule has 0 atom stereocenters. The third kappa shape index (κ3) is 3.94. The molecule has 10 heteroatoms. The molecular formula is C14H7F6NO3. The predicted octanol–water partition coefficient (Wildman–Crippen LogP) is 4.36. The third-order valence-electron chi connectivity index (χ3n) is 2.78. The summed E-state index contributed by atoms with van der Waals surface area (Å²) in [5.74, 6) is -2.62. The highest BCUT2D eigenvalue weighted by Crippen LogP contribution is 2.36. The van der Waals surface area contributed by atoms with E-state index in [4.69, 9.17) is 5.11 Å². The van der Waals surface area contributed by atoms with Gasteiger partial charge in [0.25, 0.3) is 0 Å². The quantitative estimate of drug-likeness (QED) is 0.835. The van der Waals surface area contributed by atoms with E-state index in [-0.39, 0.29) is 5.56 Å². The smallest absolute Gasteiger partial charge is 0.478 e. The summed E-state index contributed by atoms with van der Waals surface area (Å²) in [4.78, 5) is 14.0. The van der Waals surface area contributed by atoms with Gasteiger partial charge in [0.1, 0.15) is 5.75 Å². The van der Waals surface area contributed by atoms with Crippen molar-refractivity contribution in [2.24, 2.45) is 0 Å². The summed E-state index contributed by atoms with van der Waals surface area (Å²) in [6, 6.07) is 5.95. The van der Waals surface area contributed by atoms with Crippen molar-refractivity contribution in [3.8, 4) is 17.0 Å². The number of nitrogens with zero attached hydrogens (tertiary/aromatic N) is 1. The molecular weight excluding hydrogens is 344 g/mol. The third-order valence-corrected chi connectivity index (χ3v) is 2.78. The topological polar surface area (TPSA) is 59.4 Å². The molecule has 1 N–H and O–H groups in total. The Morgan fingerprint density at radius 2 is 1.62 bits per heavy atom. The van der Waals surface area contributed by atoms with Gasteiger partial charge in [0.15, 0.2) is 5.69 Å². The lowest BCUT2D eigenvalue weighted by molar-refractivity contribution is -0.274. The van der Waals surface area contributed by atoms with Crippen LogP contribution in [0.1, 0.15) is 16.1 Å². The molecule has 0 saturated heterocycles. The Morgan fingerprint density at radius 1 is 1.00 bits per heavy atom. The lowest BCUT2D eigenvalue weighted by Crippen LogP contribution is -2.18.